The molecular formula is C16H13NO4. The predicted molar refractivity (Wildman–Crippen MR) is 79.6 cm³/mol. The van der Waals surface area contributed by atoms with Gasteiger partial charge in [-0.3, -0.25) is 4.79 Å². The van der Waals surface area contributed by atoms with Crippen LogP contribution in [-0.2, 0) is 7.05 Å². The molecule has 106 valence electrons. The average molecular weight is 283 g/mol. The molecule has 3 N–H and O–H groups in total. The van der Waals surface area contributed by atoms with Crippen LogP contribution in [0.15, 0.2) is 47.3 Å². The molecule has 1 heterocycles. The SMILES string of the molecule is Cn1c(=O)c(-c2ccc(O)cc2)c(O)c2ccc(O)cc21. The monoisotopic (exact) mass is 283 g/mol. The summed E-state index contributed by atoms with van der Waals surface area (Å²) in [4.78, 5) is 12.5. The minimum absolute atomic E-state index is 0.0225. The van der Waals surface area contributed by atoms with E-state index in [0.717, 1.165) is 0 Å². The number of benzene rings is 2. The largest absolute Gasteiger partial charge is 0.508 e. The van der Waals surface area contributed by atoms with Crippen molar-refractivity contribution in [2.75, 3.05) is 0 Å². The Morgan fingerprint density at radius 1 is 0.905 bits per heavy atom. The van der Waals surface area contributed by atoms with Crippen LogP contribution in [0.25, 0.3) is 22.0 Å². The smallest absolute Gasteiger partial charge is 0.262 e. The van der Waals surface area contributed by atoms with E-state index in [9.17, 15) is 20.1 Å². The van der Waals surface area contributed by atoms with E-state index < -0.39 is 0 Å². The maximum atomic E-state index is 12.5. The Morgan fingerprint density at radius 3 is 2.19 bits per heavy atom. The van der Waals surface area contributed by atoms with Crippen LogP contribution >= 0.6 is 0 Å². The number of fused-ring (bicyclic) bond motifs is 1. The molecule has 0 radical (unpaired) electrons. The molecule has 0 saturated heterocycles. The third-order valence-corrected chi connectivity index (χ3v) is 3.51. The molecule has 0 aliphatic rings. The topological polar surface area (TPSA) is 82.7 Å². The molecule has 0 bridgehead atoms. The van der Waals surface area contributed by atoms with Gasteiger partial charge in [-0.25, -0.2) is 0 Å². The van der Waals surface area contributed by atoms with Crippen LogP contribution in [0.3, 0.4) is 0 Å². The molecular weight excluding hydrogens is 270 g/mol. The van der Waals surface area contributed by atoms with Crippen molar-refractivity contribution in [2.24, 2.45) is 7.05 Å². The number of hydrogen-bond donors (Lipinski definition) is 3. The van der Waals surface area contributed by atoms with Gasteiger partial charge in [0.2, 0.25) is 0 Å². The molecule has 1 aromatic heterocycles. The first kappa shape index (κ1) is 13.1. The minimum Gasteiger partial charge on any atom is -0.508 e. The van der Waals surface area contributed by atoms with Crippen LogP contribution < -0.4 is 5.56 Å². The molecule has 3 aromatic rings. The van der Waals surface area contributed by atoms with Crippen LogP contribution in [0.4, 0.5) is 0 Å². The van der Waals surface area contributed by atoms with Crippen LogP contribution in [0.2, 0.25) is 0 Å². The fourth-order valence-corrected chi connectivity index (χ4v) is 2.40. The van der Waals surface area contributed by atoms with Crippen LogP contribution in [-0.4, -0.2) is 19.9 Å². The number of aromatic nitrogens is 1. The number of rotatable bonds is 1. The fraction of sp³-hybridized carbons (Fsp3) is 0.0625. The summed E-state index contributed by atoms with van der Waals surface area (Å²) < 4.78 is 1.37. The molecule has 0 amide bonds. The highest BCUT2D eigenvalue weighted by Gasteiger charge is 2.16. The lowest BCUT2D eigenvalue weighted by molar-refractivity contribution is 0.473. The van der Waals surface area contributed by atoms with Gasteiger partial charge < -0.3 is 19.9 Å². The van der Waals surface area contributed by atoms with E-state index in [1.54, 1.807) is 25.2 Å². The molecule has 0 fully saturated rings. The number of phenols is 2. The van der Waals surface area contributed by atoms with Crippen molar-refractivity contribution in [3.8, 4) is 28.4 Å². The van der Waals surface area contributed by atoms with E-state index in [0.29, 0.717) is 16.5 Å². The summed E-state index contributed by atoms with van der Waals surface area (Å²) in [5.74, 6) is -0.0335. The number of phenolic OH excluding ortho intramolecular Hbond substituents is 2. The third-order valence-electron chi connectivity index (χ3n) is 3.51. The molecule has 5 heteroatoms. The lowest BCUT2D eigenvalue weighted by atomic mass is 10.0. The number of aromatic hydroxyl groups is 3. The van der Waals surface area contributed by atoms with E-state index >= 15 is 0 Å². The van der Waals surface area contributed by atoms with Crippen LogP contribution in [0.1, 0.15) is 0 Å². The maximum absolute atomic E-state index is 12.5. The van der Waals surface area contributed by atoms with Gasteiger partial charge in [0.25, 0.3) is 5.56 Å². The Bertz CT molecular complexity index is 895. The zero-order chi connectivity index (χ0) is 15.1. The number of aryl methyl sites for hydroxylation is 1. The fourth-order valence-electron chi connectivity index (χ4n) is 2.40. The predicted octanol–water partition coefficient (Wildman–Crippen LogP) is 2.32. The lowest BCUT2D eigenvalue weighted by Crippen LogP contribution is -2.19. The van der Waals surface area contributed by atoms with Gasteiger partial charge in [0.05, 0.1) is 11.1 Å². The molecule has 0 atom stereocenters. The molecule has 2 aromatic carbocycles. The quantitative estimate of drug-likeness (QED) is 0.640. The first-order chi connectivity index (χ1) is 9.99. The Morgan fingerprint density at radius 2 is 1.52 bits per heavy atom. The number of pyridine rings is 1. The summed E-state index contributed by atoms with van der Waals surface area (Å²) in [6.07, 6.45) is 0. The summed E-state index contributed by atoms with van der Waals surface area (Å²) in [7, 11) is 1.58. The molecule has 0 aliphatic carbocycles. The third kappa shape index (κ3) is 1.99. The normalized spacial score (nSPS) is 10.9. The number of hydrogen-bond acceptors (Lipinski definition) is 4. The molecule has 0 aliphatic heterocycles. The summed E-state index contributed by atoms with van der Waals surface area (Å²) in [5.41, 5.74) is 0.743. The highest BCUT2D eigenvalue weighted by molar-refractivity contribution is 5.92. The van der Waals surface area contributed by atoms with Crippen molar-refractivity contribution in [2.45, 2.75) is 0 Å². The second-order valence-electron chi connectivity index (χ2n) is 4.84. The van der Waals surface area contributed by atoms with Crippen molar-refractivity contribution in [1.29, 1.82) is 0 Å². The molecule has 3 rings (SSSR count). The summed E-state index contributed by atoms with van der Waals surface area (Å²) in [6.45, 7) is 0. The van der Waals surface area contributed by atoms with Crippen LogP contribution in [0, 0.1) is 0 Å². The van der Waals surface area contributed by atoms with E-state index in [4.69, 9.17) is 0 Å². The Labute approximate surface area is 120 Å². The zero-order valence-electron chi connectivity index (χ0n) is 11.2. The van der Waals surface area contributed by atoms with Gasteiger partial charge in [-0.05, 0) is 29.8 Å². The van der Waals surface area contributed by atoms with Gasteiger partial charge in [0.15, 0.2) is 0 Å². The summed E-state index contributed by atoms with van der Waals surface area (Å²) >= 11 is 0. The Balaban J connectivity index is 2.41. The van der Waals surface area contributed by atoms with Crippen molar-refractivity contribution in [1.82, 2.24) is 4.57 Å². The van der Waals surface area contributed by atoms with Gasteiger partial charge in [0, 0.05) is 18.5 Å². The van der Waals surface area contributed by atoms with Gasteiger partial charge in [-0.15, -0.1) is 0 Å². The Kier molecular flexibility index (Phi) is 2.83. The molecule has 0 spiro atoms. The highest BCUT2D eigenvalue weighted by atomic mass is 16.3. The molecule has 0 unspecified atom stereocenters. The Hall–Kier alpha value is -2.95. The first-order valence-corrected chi connectivity index (χ1v) is 6.33. The zero-order valence-corrected chi connectivity index (χ0v) is 11.2. The van der Waals surface area contributed by atoms with Crippen molar-refractivity contribution in [3.05, 3.63) is 52.8 Å². The standard InChI is InChI=1S/C16H13NO4/c1-17-13-8-11(19)6-7-12(13)15(20)14(16(17)21)9-2-4-10(18)5-3-9/h2-8,18-20H,1H3. The highest BCUT2D eigenvalue weighted by Crippen LogP contribution is 2.34. The van der Waals surface area contributed by atoms with Gasteiger partial charge in [-0.1, -0.05) is 12.1 Å². The van der Waals surface area contributed by atoms with E-state index in [2.05, 4.69) is 0 Å². The molecule has 21 heavy (non-hydrogen) atoms. The minimum atomic E-state index is -0.378. The second-order valence-corrected chi connectivity index (χ2v) is 4.84. The number of nitrogens with zero attached hydrogens (tertiary/aromatic N) is 1. The second kappa shape index (κ2) is 4.56. The van der Waals surface area contributed by atoms with Crippen molar-refractivity contribution in [3.63, 3.8) is 0 Å². The lowest BCUT2D eigenvalue weighted by Gasteiger charge is -2.12. The van der Waals surface area contributed by atoms with Gasteiger partial charge >= 0.3 is 0 Å². The summed E-state index contributed by atoms with van der Waals surface area (Å²) in [5, 5.41) is 29.7. The first-order valence-electron chi connectivity index (χ1n) is 6.33. The van der Waals surface area contributed by atoms with Gasteiger partial charge in [-0.2, -0.15) is 0 Å². The van der Waals surface area contributed by atoms with E-state index in [-0.39, 0.29) is 28.4 Å². The van der Waals surface area contributed by atoms with Crippen molar-refractivity contribution >= 4 is 10.9 Å². The average Bonchev–Trinajstić information content (AvgIpc) is 2.47. The maximum Gasteiger partial charge on any atom is 0.262 e. The molecule has 0 saturated carbocycles. The van der Waals surface area contributed by atoms with Gasteiger partial charge in [0.1, 0.15) is 17.2 Å². The van der Waals surface area contributed by atoms with E-state index in [1.165, 1.54) is 28.8 Å². The summed E-state index contributed by atoms with van der Waals surface area (Å²) in [6, 6.07) is 10.5. The van der Waals surface area contributed by atoms with Crippen LogP contribution in [0.5, 0.6) is 17.2 Å². The van der Waals surface area contributed by atoms with Crippen molar-refractivity contribution < 1.29 is 15.3 Å². The van der Waals surface area contributed by atoms with E-state index in [1.807, 2.05) is 0 Å². The molecule has 5 nitrogen and oxygen atoms in total.